The molecule has 0 atom stereocenters. The topological polar surface area (TPSA) is 124 Å². The largest absolute Gasteiger partial charge is 0.497 e. The van der Waals surface area contributed by atoms with Crippen LogP contribution in [0.2, 0.25) is 0 Å². The van der Waals surface area contributed by atoms with Gasteiger partial charge in [0.05, 0.1) is 31.8 Å². The molecule has 3 aromatic carbocycles. The molecule has 0 spiro atoms. The zero-order valence-electron chi connectivity index (χ0n) is 23.7. The van der Waals surface area contributed by atoms with Gasteiger partial charge in [-0.25, -0.2) is 9.97 Å². The van der Waals surface area contributed by atoms with Crippen LogP contribution in [0.1, 0.15) is 0 Å². The van der Waals surface area contributed by atoms with Gasteiger partial charge in [0.1, 0.15) is 22.7 Å². The van der Waals surface area contributed by atoms with E-state index in [9.17, 15) is 4.79 Å². The highest BCUT2D eigenvalue weighted by Crippen LogP contribution is 2.32. The third-order valence-electron chi connectivity index (χ3n) is 7.39. The van der Waals surface area contributed by atoms with Crippen molar-refractivity contribution in [3.8, 4) is 28.4 Å². The minimum atomic E-state index is -0.336. The molecule has 3 heterocycles. The van der Waals surface area contributed by atoms with Crippen LogP contribution in [0.5, 0.6) is 11.5 Å². The Labute approximate surface area is 243 Å². The normalized spacial score (nSPS) is 13.7. The van der Waals surface area contributed by atoms with E-state index >= 15 is 0 Å². The van der Waals surface area contributed by atoms with Gasteiger partial charge in [-0.15, -0.1) is 0 Å². The highest BCUT2D eigenvalue weighted by molar-refractivity contribution is 5.78. The zero-order chi connectivity index (χ0) is 29.2. The lowest BCUT2D eigenvalue weighted by Crippen LogP contribution is -2.44. The van der Waals surface area contributed by atoms with Gasteiger partial charge in [-0.3, -0.25) is 9.36 Å². The van der Waals surface area contributed by atoms with Gasteiger partial charge in [0.2, 0.25) is 5.95 Å². The second-order valence-corrected chi connectivity index (χ2v) is 10.1. The first kappa shape index (κ1) is 27.0. The van der Waals surface area contributed by atoms with Gasteiger partial charge in [0.25, 0.3) is 5.56 Å². The Bertz CT molecular complexity index is 1800. The number of ether oxygens (including phenoxy) is 2. The molecule has 214 valence electrons. The maximum absolute atomic E-state index is 13.9. The molecule has 11 nitrogen and oxygen atoms in total. The maximum atomic E-state index is 13.9. The summed E-state index contributed by atoms with van der Waals surface area (Å²) in [4.78, 5) is 32.5. The molecule has 1 fully saturated rings. The summed E-state index contributed by atoms with van der Waals surface area (Å²) in [6, 6.07) is 20.3. The number of rotatable bonds is 7. The van der Waals surface area contributed by atoms with Crippen molar-refractivity contribution in [2.75, 3.05) is 63.4 Å². The van der Waals surface area contributed by atoms with Gasteiger partial charge in [0, 0.05) is 49.2 Å². The Kier molecular flexibility index (Phi) is 7.32. The fourth-order valence-electron chi connectivity index (χ4n) is 5.05. The minimum Gasteiger partial charge on any atom is -0.497 e. The Morgan fingerprint density at radius 2 is 1.67 bits per heavy atom. The zero-order valence-corrected chi connectivity index (χ0v) is 23.7. The predicted octanol–water partition coefficient (Wildman–Crippen LogP) is 3.94. The Morgan fingerprint density at radius 1 is 0.881 bits per heavy atom. The smallest absolute Gasteiger partial charge is 0.283 e. The van der Waals surface area contributed by atoms with E-state index in [0.29, 0.717) is 51.2 Å². The average Bonchev–Trinajstić information content (AvgIpc) is 3.01. The van der Waals surface area contributed by atoms with Crippen LogP contribution in [-0.4, -0.2) is 71.9 Å². The molecule has 6 rings (SSSR count). The van der Waals surface area contributed by atoms with Gasteiger partial charge in [-0.1, -0.05) is 6.07 Å². The van der Waals surface area contributed by atoms with Crippen LogP contribution >= 0.6 is 0 Å². The van der Waals surface area contributed by atoms with Crippen LogP contribution in [0.25, 0.3) is 28.1 Å². The van der Waals surface area contributed by atoms with Gasteiger partial charge in [0.15, 0.2) is 5.65 Å². The molecular formula is C31H32N8O3. The number of nitrogen functional groups attached to an aromatic ring is 1. The van der Waals surface area contributed by atoms with Crippen molar-refractivity contribution >= 4 is 34.2 Å². The Hall–Kier alpha value is -5.16. The quantitative estimate of drug-likeness (QED) is 0.281. The molecule has 3 N–H and O–H groups in total. The molecule has 0 amide bonds. The molecule has 1 aliphatic rings. The van der Waals surface area contributed by atoms with Crippen molar-refractivity contribution < 1.29 is 9.47 Å². The monoisotopic (exact) mass is 564 g/mol. The van der Waals surface area contributed by atoms with Crippen LogP contribution in [0.3, 0.4) is 0 Å². The molecule has 2 aromatic heterocycles. The summed E-state index contributed by atoms with van der Waals surface area (Å²) in [6.07, 6.45) is 1.60. The summed E-state index contributed by atoms with van der Waals surface area (Å²) in [5.74, 6) is 1.64. The first-order valence-electron chi connectivity index (χ1n) is 13.6. The summed E-state index contributed by atoms with van der Waals surface area (Å²) >= 11 is 0. The maximum Gasteiger partial charge on any atom is 0.283 e. The number of methoxy groups -OCH3 is 2. The third-order valence-corrected chi connectivity index (χ3v) is 7.39. The Balaban J connectivity index is 1.42. The molecule has 0 saturated carbocycles. The van der Waals surface area contributed by atoms with E-state index in [1.165, 1.54) is 4.57 Å². The molecule has 0 bridgehead atoms. The summed E-state index contributed by atoms with van der Waals surface area (Å²) in [7, 11) is 5.37. The number of piperazine rings is 1. The second kappa shape index (κ2) is 11.4. The summed E-state index contributed by atoms with van der Waals surface area (Å²) < 4.78 is 12.5. The Morgan fingerprint density at radius 3 is 2.38 bits per heavy atom. The number of hydrogen-bond acceptors (Lipinski definition) is 10. The highest BCUT2D eigenvalue weighted by atomic mass is 16.5. The summed E-state index contributed by atoms with van der Waals surface area (Å²) in [6.45, 7) is 3.92. The first-order chi connectivity index (χ1) is 20.4. The van der Waals surface area contributed by atoms with E-state index in [1.807, 2.05) is 18.2 Å². The average molecular weight is 565 g/mol. The van der Waals surface area contributed by atoms with E-state index in [0.717, 1.165) is 31.9 Å². The van der Waals surface area contributed by atoms with Gasteiger partial charge >= 0.3 is 0 Å². The summed E-state index contributed by atoms with van der Waals surface area (Å²) in [5, 5.41) is 3.27. The van der Waals surface area contributed by atoms with E-state index in [-0.39, 0.29) is 11.3 Å². The lowest BCUT2D eigenvalue weighted by Gasteiger charge is -2.34. The number of fused-ring (bicyclic) bond motifs is 1. The standard InChI is InChI=1S/C31H32N8O3/c1-37-13-15-38(16-14-37)22-9-12-25(27(18-22)42-3)35-31-33-19-26-29(36-31)39(23-6-4-5-21(32)17-23)30(40)28(34-26)20-7-10-24(41-2)11-8-20/h4-12,17-19H,13-16,32H2,1-3H3,(H,33,35,36). The molecule has 11 heteroatoms. The number of anilines is 4. The van der Waals surface area contributed by atoms with Crippen molar-refractivity contribution in [2.45, 2.75) is 0 Å². The second-order valence-electron chi connectivity index (χ2n) is 10.1. The van der Waals surface area contributed by atoms with Crippen molar-refractivity contribution in [1.29, 1.82) is 0 Å². The van der Waals surface area contributed by atoms with Crippen LogP contribution in [-0.2, 0) is 0 Å². The lowest BCUT2D eigenvalue weighted by molar-refractivity contribution is 0.312. The van der Waals surface area contributed by atoms with Gasteiger partial charge in [-0.2, -0.15) is 4.98 Å². The first-order valence-corrected chi connectivity index (χ1v) is 13.6. The van der Waals surface area contributed by atoms with Crippen molar-refractivity contribution in [3.05, 3.63) is 83.3 Å². The number of hydrogen-bond donors (Lipinski definition) is 2. The van der Waals surface area contributed by atoms with Crippen molar-refractivity contribution in [3.63, 3.8) is 0 Å². The van der Waals surface area contributed by atoms with E-state index in [1.54, 1.807) is 62.9 Å². The predicted molar refractivity (Wildman–Crippen MR) is 165 cm³/mol. The minimum absolute atomic E-state index is 0.262. The molecule has 0 aliphatic carbocycles. The number of likely N-dealkylation sites (N-methyl/N-ethyl adjacent to an activating group) is 1. The number of benzene rings is 3. The molecule has 1 saturated heterocycles. The number of nitrogens with one attached hydrogen (secondary N) is 1. The SMILES string of the molecule is COc1ccc(-c2nc3cnc(Nc4ccc(N5CCN(C)CC5)cc4OC)nc3n(-c3cccc(N)c3)c2=O)cc1. The summed E-state index contributed by atoms with van der Waals surface area (Å²) in [5.41, 5.74) is 10.4. The molecule has 1 aliphatic heterocycles. The molecule has 42 heavy (non-hydrogen) atoms. The highest BCUT2D eigenvalue weighted by Gasteiger charge is 2.19. The fourth-order valence-corrected chi connectivity index (χ4v) is 5.05. The molecular weight excluding hydrogens is 532 g/mol. The van der Waals surface area contributed by atoms with E-state index in [4.69, 9.17) is 20.2 Å². The van der Waals surface area contributed by atoms with Crippen LogP contribution < -0.4 is 31.0 Å². The van der Waals surface area contributed by atoms with Crippen LogP contribution in [0.15, 0.2) is 77.7 Å². The van der Waals surface area contributed by atoms with E-state index in [2.05, 4.69) is 38.2 Å². The number of nitrogens with zero attached hydrogens (tertiary/aromatic N) is 6. The van der Waals surface area contributed by atoms with E-state index < -0.39 is 0 Å². The van der Waals surface area contributed by atoms with Gasteiger partial charge in [-0.05, 0) is 61.6 Å². The lowest BCUT2D eigenvalue weighted by atomic mass is 10.1. The van der Waals surface area contributed by atoms with Crippen molar-refractivity contribution in [1.82, 2.24) is 24.4 Å². The van der Waals surface area contributed by atoms with Gasteiger partial charge < -0.3 is 30.3 Å². The van der Waals surface area contributed by atoms with Crippen LogP contribution in [0.4, 0.5) is 23.0 Å². The molecule has 0 unspecified atom stereocenters. The molecule has 5 aromatic rings. The number of nitrogens with two attached hydrogens (primary N) is 1. The number of aromatic nitrogens is 4. The third kappa shape index (κ3) is 5.29. The fraction of sp³-hybridized carbons (Fsp3) is 0.226. The van der Waals surface area contributed by atoms with Crippen molar-refractivity contribution in [2.24, 2.45) is 0 Å². The molecule has 0 radical (unpaired) electrons. The van der Waals surface area contributed by atoms with Crippen LogP contribution in [0, 0.1) is 0 Å².